The van der Waals surface area contributed by atoms with Crippen molar-refractivity contribution < 1.29 is 9.59 Å². The van der Waals surface area contributed by atoms with Crippen molar-refractivity contribution >= 4 is 40.9 Å². The SMILES string of the molecule is CSc1cccc(NC(=NCc2ccncc2)NC(=O)c2cccc(NC(C)=O)c2)c1. The molecule has 3 N–H and O–H groups in total. The molecule has 0 saturated carbocycles. The maximum atomic E-state index is 12.9. The van der Waals surface area contributed by atoms with Crippen LogP contribution in [0, 0.1) is 0 Å². The van der Waals surface area contributed by atoms with Gasteiger partial charge in [0.25, 0.3) is 5.91 Å². The van der Waals surface area contributed by atoms with Gasteiger partial charge in [0.05, 0.1) is 6.54 Å². The molecule has 0 aliphatic carbocycles. The van der Waals surface area contributed by atoms with E-state index in [0.717, 1.165) is 16.1 Å². The zero-order valence-corrected chi connectivity index (χ0v) is 18.1. The number of aliphatic imine (C=N–C) groups is 1. The van der Waals surface area contributed by atoms with Crippen LogP contribution in [0.25, 0.3) is 0 Å². The number of amides is 2. The molecule has 2 amide bonds. The summed E-state index contributed by atoms with van der Waals surface area (Å²) in [5.74, 6) is -0.216. The predicted molar refractivity (Wildman–Crippen MR) is 125 cm³/mol. The molecule has 0 aliphatic heterocycles. The van der Waals surface area contributed by atoms with Crippen LogP contribution in [-0.4, -0.2) is 29.0 Å². The Labute approximate surface area is 185 Å². The Bertz CT molecular complexity index is 1090. The van der Waals surface area contributed by atoms with Crippen LogP contribution in [0.4, 0.5) is 11.4 Å². The largest absolute Gasteiger partial charge is 0.326 e. The van der Waals surface area contributed by atoms with Gasteiger partial charge in [-0.1, -0.05) is 12.1 Å². The van der Waals surface area contributed by atoms with Gasteiger partial charge in [0, 0.05) is 41.2 Å². The molecule has 0 bridgehead atoms. The fourth-order valence-corrected chi connectivity index (χ4v) is 3.19. The molecule has 7 nitrogen and oxygen atoms in total. The molecular formula is C23H23N5O2S. The van der Waals surface area contributed by atoms with Gasteiger partial charge in [-0.25, -0.2) is 4.99 Å². The molecule has 2 aromatic carbocycles. The molecule has 0 unspecified atom stereocenters. The second kappa shape index (κ2) is 10.9. The minimum Gasteiger partial charge on any atom is -0.326 e. The van der Waals surface area contributed by atoms with Gasteiger partial charge in [0.15, 0.2) is 0 Å². The van der Waals surface area contributed by atoms with Gasteiger partial charge in [-0.3, -0.25) is 19.9 Å². The van der Waals surface area contributed by atoms with Gasteiger partial charge in [0.1, 0.15) is 0 Å². The molecule has 0 radical (unpaired) electrons. The second-order valence-corrected chi connectivity index (χ2v) is 7.47. The van der Waals surface area contributed by atoms with Crippen LogP contribution in [0.5, 0.6) is 0 Å². The number of rotatable bonds is 6. The minimum atomic E-state index is -0.339. The molecule has 0 spiro atoms. The van der Waals surface area contributed by atoms with Crippen molar-refractivity contribution in [2.24, 2.45) is 4.99 Å². The monoisotopic (exact) mass is 433 g/mol. The van der Waals surface area contributed by atoms with Crippen LogP contribution in [0.2, 0.25) is 0 Å². The highest BCUT2D eigenvalue weighted by molar-refractivity contribution is 7.98. The summed E-state index contributed by atoms with van der Waals surface area (Å²) in [5, 5.41) is 8.71. The van der Waals surface area contributed by atoms with Crippen LogP contribution in [0.3, 0.4) is 0 Å². The number of anilines is 2. The zero-order chi connectivity index (χ0) is 22.1. The maximum absolute atomic E-state index is 12.9. The van der Waals surface area contributed by atoms with E-state index >= 15 is 0 Å². The summed E-state index contributed by atoms with van der Waals surface area (Å²) in [6, 6.07) is 18.3. The summed E-state index contributed by atoms with van der Waals surface area (Å²) in [5.41, 5.74) is 2.74. The maximum Gasteiger partial charge on any atom is 0.258 e. The molecule has 1 heterocycles. The van der Waals surface area contributed by atoms with Crippen LogP contribution < -0.4 is 16.0 Å². The first-order valence-corrected chi connectivity index (χ1v) is 10.8. The van der Waals surface area contributed by atoms with E-state index in [0.29, 0.717) is 23.8 Å². The quantitative estimate of drug-likeness (QED) is 0.308. The summed E-state index contributed by atoms with van der Waals surface area (Å²) in [7, 11) is 0. The number of guanidine groups is 1. The predicted octanol–water partition coefficient (Wildman–Crippen LogP) is 4.16. The first kappa shape index (κ1) is 22.0. The number of thioether (sulfide) groups is 1. The molecule has 0 saturated heterocycles. The van der Waals surface area contributed by atoms with Gasteiger partial charge < -0.3 is 10.6 Å². The molecule has 1 aromatic heterocycles. The summed E-state index contributed by atoms with van der Waals surface area (Å²) in [6.45, 7) is 1.79. The summed E-state index contributed by atoms with van der Waals surface area (Å²) < 4.78 is 0. The van der Waals surface area contributed by atoms with Gasteiger partial charge in [-0.2, -0.15) is 0 Å². The Morgan fingerprint density at radius 3 is 2.39 bits per heavy atom. The molecule has 0 fully saturated rings. The van der Waals surface area contributed by atoms with Crippen LogP contribution in [0.1, 0.15) is 22.8 Å². The van der Waals surface area contributed by atoms with Crippen molar-refractivity contribution in [1.82, 2.24) is 10.3 Å². The van der Waals surface area contributed by atoms with E-state index in [4.69, 9.17) is 0 Å². The zero-order valence-electron chi connectivity index (χ0n) is 17.3. The Morgan fingerprint density at radius 1 is 0.968 bits per heavy atom. The number of aromatic nitrogens is 1. The minimum absolute atomic E-state index is 0.201. The van der Waals surface area contributed by atoms with Crippen LogP contribution >= 0.6 is 11.8 Å². The second-order valence-electron chi connectivity index (χ2n) is 6.59. The summed E-state index contributed by atoms with van der Waals surface area (Å²) in [4.78, 5) is 33.8. The van der Waals surface area contributed by atoms with Crippen molar-refractivity contribution in [3.05, 3.63) is 84.2 Å². The lowest BCUT2D eigenvalue weighted by Crippen LogP contribution is -2.36. The van der Waals surface area contributed by atoms with Crippen molar-refractivity contribution in [1.29, 1.82) is 0 Å². The Morgan fingerprint density at radius 2 is 1.68 bits per heavy atom. The average Bonchev–Trinajstić information content (AvgIpc) is 2.78. The lowest BCUT2D eigenvalue weighted by molar-refractivity contribution is -0.114. The molecule has 158 valence electrons. The third kappa shape index (κ3) is 6.97. The van der Waals surface area contributed by atoms with E-state index in [1.54, 1.807) is 48.4 Å². The third-order valence-electron chi connectivity index (χ3n) is 4.18. The topological polar surface area (TPSA) is 95.5 Å². The molecule has 0 aliphatic rings. The van der Waals surface area contributed by atoms with Crippen molar-refractivity contribution in [3.63, 3.8) is 0 Å². The molecular weight excluding hydrogens is 410 g/mol. The fourth-order valence-electron chi connectivity index (χ4n) is 2.73. The molecule has 3 aromatic rings. The third-order valence-corrected chi connectivity index (χ3v) is 4.90. The van der Waals surface area contributed by atoms with Crippen LogP contribution in [-0.2, 0) is 11.3 Å². The number of hydrogen-bond donors (Lipinski definition) is 3. The first-order valence-electron chi connectivity index (χ1n) is 9.57. The normalized spacial score (nSPS) is 11.0. The highest BCUT2D eigenvalue weighted by atomic mass is 32.2. The van der Waals surface area contributed by atoms with Gasteiger partial charge in [-0.05, 0) is 60.4 Å². The molecule has 31 heavy (non-hydrogen) atoms. The van der Waals surface area contributed by atoms with Gasteiger partial charge in [0.2, 0.25) is 11.9 Å². The lowest BCUT2D eigenvalue weighted by atomic mass is 10.2. The fraction of sp³-hybridized carbons (Fsp3) is 0.130. The van der Waals surface area contributed by atoms with E-state index in [-0.39, 0.29) is 11.8 Å². The number of benzene rings is 2. The van der Waals surface area contributed by atoms with Crippen molar-refractivity contribution in [2.45, 2.75) is 18.4 Å². The Kier molecular flexibility index (Phi) is 7.78. The number of nitrogens with one attached hydrogen (secondary N) is 3. The number of pyridine rings is 1. The highest BCUT2D eigenvalue weighted by Crippen LogP contribution is 2.19. The van der Waals surface area contributed by atoms with E-state index < -0.39 is 0 Å². The smallest absolute Gasteiger partial charge is 0.258 e. The van der Waals surface area contributed by atoms with Gasteiger partial charge in [-0.15, -0.1) is 11.8 Å². The summed E-state index contributed by atoms with van der Waals surface area (Å²) in [6.07, 6.45) is 5.40. The van der Waals surface area contributed by atoms with E-state index in [9.17, 15) is 9.59 Å². The van der Waals surface area contributed by atoms with E-state index in [1.165, 1.54) is 6.92 Å². The summed E-state index contributed by atoms with van der Waals surface area (Å²) >= 11 is 1.63. The number of carbonyl (C=O) groups is 2. The standard InChI is InChI=1S/C23H23N5O2S/c1-16(29)26-19-6-3-5-18(13-19)22(30)28-23(25-15-17-9-11-24-12-10-17)27-20-7-4-8-21(14-20)31-2/h3-14H,15H2,1-2H3,(H,26,29)(H2,25,27,28,30). The molecule has 0 atom stereocenters. The van der Waals surface area contributed by atoms with Crippen LogP contribution in [0.15, 0.2) is 82.9 Å². The lowest BCUT2D eigenvalue weighted by Gasteiger charge is -2.13. The molecule has 8 heteroatoms. The number of nitrogens with zero attached hydrogens (tertiary/aromatic N) is 2. The first-order chi connectivity index (χ1) is 15.0. The van der Waals surface area contributed by atoms with Crippen molar-refractivity contribution in [3.8, 4) is 0 Å². The number of hydrogen-bond acceptors (Lipinski definition) is 5. The molecule has 3 rings (SSSR count). The van der Waals surface area contributed by atoms with E-state index in [2.05, 4.69) is 25.9 Å². The van der Waals surface area contributed by atoms with Crippen molar-refractivity contribution in [2.75, 3.05) is 16.9 Å². The highest BCUT2D eigenvalue weighted by Gasteiger charge is 2.11. The Balaban J connectivity index is 1.81. The number of carbonyl (C=O) groups excluding carboxylic acids is 2. The average molecular weight is 434 g/mol. The van der Waals surface area contributed by atoms with Gasteiger partial charge >= 0.3 is 0 Å². The van der Waals surface area contributed by atoms with E-state index in [1.807, 2.05) is 42.7 Å². The Hall–Kier alpha value is -3.65.